The Bertz CT molecular complexity index is 506. The maximum Gasteiger partial charge on any atom is 0.338 e. The summed E-state index contributed by atoms with van der Waals surface area (Å²) >= 11 is 1.66. The molecule has 0 bridgehead atoms. The molecule has 0 atom stereocenters. The van der Waals surface area contributed by atoms with Crippen molar-refractivity contribution in [3.05, 3.63) is 57.8 Å². The highest BCUT2D eigenvalue weighted by molar-refractivity contribution is 7.09. The van der Waals surface area contributed by atoms with E-state index in [9.17, 15) is 4.79 Å². The van der Waals surface area contributed by atoms with E-state index in [1.807, 2.05) is 35.7 Å². The van der Waals surface area contributed by atoms with E-state index in [4.69, 9.17) is 9.47 Å². The maximum atomic E-state index is 11.6. The molecule has 0 unspecified atom stereocenters. The Balaban J connectivity index is 1.98. The normalized spacial score (nSPS) is 10.3. The van der Waals surface area contributed by atoms with Gasteiger partial charge in [-0.15, -0.1) is 11.3 Å². The van der Waals surface area contributed by atoms with Gasteiger partial charge in [-0.1, -0.05) is 24.3 Å². The maximum absolute atomic E-state index is 11.6. The molecule has 1 heterocycles. The molecule has 0 spiro atoms. The van der Waals surface area contributed by atoms with Gasteiger partial charge in [0, 0.05) is 4.88 Å². The first-order chi connectivity index (χ1) is 8.81. The van der Waals surface area contributed by atoms with Gasteiger partial charge in [-0.25, -0.2) is 4.79 Å². The summed E-state index contributed by atoms with van der Waals surface area (Å²) < 4.78 is 10.3. The van der Waals surface area contributed by atoms with E-state index < -0.39 is 0 Å². The minimum Gasteiger partial charge on any atom is -0.465 e. The largest absolute Gasteiger partial charge is 0.465 e. The number of hydrogen-bond acceptors (Lipinski definition) is 4. The fourth-order valence-corrected chi connectivity index (χ4v) is 2.25. The van der Waals surface area contributed by atoms with Gasteiger partial charge in [-0.05, 0) is 23.1 Å². The van der Waals surface area contributed by atoms with E-state index in [0.717, 1.165) is 5.56 Å². The zero-order chi connectivity index (χ0) is 12.8. The van der Waals surface area contributed by atoms with Crippen LogP contribution in [0.2, 0.25) is 0 Å². The van der Waals surface area contributed by atoms with Gasteiger partial charge in [-0.2, -0.15) is 0 Å². The molecule has 1 aromatic carbocycles. The summed E-state index contributed by atoms with van der Waals surface area (Å²) in [5.41, 5.74) is 1.41. The van der Waals surface area contributed by atoms with Crippen LogP contribution in [0.1, 0.15) is 20.8 Å². The molecular formula is C14H14O3S. The zero-order valence-electron chi connectivity index (χ0n) is 10.1. The Morgan fingerprint density at radius 1 is 1.17 bits per heavy atom. The summed E-state index contributed by atoms with van der Waals surface area (Å²) in [7, 11) is 1.38. The van der Waals surface area contributed by atoms with Gasteiger partial charge < -0.3 is 9.47 Å². The van der Waals surface area contributed by atoms with Crippen LogP contribution in [0, 0.1) is 0 Å². The van der Waals surface area contributed by atoms with Gasteiger partial charge in [-0.3, -0.25) is 0 Å². The zero-order valence-corrected chi connectivity index (χ0v) is 10.9. The molecule has 4 heteroatoms. The van der Waals surface area contributed by atoms with Crippen molar-refractivity contribution in [2.75, 3.05) is 7.11 Å². The second-order valence-electron chi connectivity index (χ2n) is 3.72. The summed E-state index contributed by atoms with van der Waals surface area (Å²) in [5.74, 6) is -0.328. The first kappa shape index (κ1) is 12.8. The van der Waals surface area contributed by atoms with E-state index >= 15 is 0 Å². The number of hydrogen-bond donors (Lipinski definition) is 0. The average molecular weight is 262 g/mol. The highest BCUT2D eigenvalue weighted by Crippen LogP contribution is 2.14. The standard InChI is InChI=1S/C14H14O3S/c1-16-14(15)13-7-3-2-5-11(13)9-17-10-12-6-4-8-18-12/h2-8H,9-10H2,1H3. The van der Waals surface area contributed by atoms with Gasteiger partial charge in [0.2, 0.25) is 0 Å². The van der Waals surface area contributed by atoms with E-state index in [-0.39, 0.29) is 5.97 Å². The lowest BCUT2D eigenvalue weighted by Gasteiger charge is -2.07. The first-order valence-corrected chi connectivity index (χ1v) is 6.45. The van der Waals surface area contributed by atoms with Gasteiger partial charge in [0.05, 0.1) is 25.9 Å². The summed E-state index contributed by atoms with van der Waals surface area (Å²) in [6, 6.07) is 11.3. The monoisotopic (exact) mass is 262 g/mol. The SMILES string of the molecule is COC(=O)c1ccccc1COCc1cccs1. The highest BCUT2D eigenvalue weighted by atomic mass is 32.1. The van der Waals surface area contributed by atoms with Crippen molar-refractivity contribution < 1.29 is 14.3 Å². The molecule has 0 N–H and O–H groups in total. The van der Waals surface area contributed by atoms with Crippen LogP contribution >= 0.6 is 11.3 Å². The van der Waals surface area contributed by atoms with Crippen LogP contribution < -0.4 is 0 Å². The molecule has 0 fully saturated rings. The highest BCUT2D eigenvalue weighted by Gasteiger charge is 2.10. The third-order valence-corrected chi connectivity index (χ3v) is 3.35. The van der Waals surface area contributed by atoms with E-state index in [2.05, 4.69) is 0 Å². The molecule has 0 aliphatic carbocycles. The van der Waals surface area contributed by atoms with Crippen LogP contribution in [0.15, 0.2) is 41.8 Å². The second-order valence-corrected chi connectivity index (χ2v) is 4.75. The Morgan fingerprint density at radius 2 is 2.00 bits per heavy atom. The Morgan fingerprint density at radius 3 is 2.72 bits per heavy atom. The molecule has 0 aliphatic heterocycles. The number of methoxy groups -OCH3 is 1. The van der Waals surface area contributed by atoms with Crippen LogP contribution in [0.5, 0.6) is 0 Å². The molecule has 2 rings (SSSR count). The lowest BCUT2D eigenvalue weighted by atomic mass is 10.1. The minimum absolute atomic E-state index is 0.328. The molecule has 0 saturated heterocycles. The molecule has 0 saturated carbocycles. The molecule has 0 radical (unpaired) electrons. The molecule has 1 aromatic heterocycles. The smallest absolute Gasteiger partial charge is 0.338 e. The summed E-state index contributed by atoms with van der Waals surface area (Å²) in [6.07, 6.45) is 0. The molecule has 18 heavy (non-hydrogen) atoms. The van der Waals surface area contributed by atoms with Crippen molar-refractivity contribution in [3.8, 4) is 0 Å². The number of rotatable bonds is 5. The van der Waals surface area contributed by atoms with Crippen molar-refractivity contribution in [2.45, 2.75) is 13.2 Å². The van der Waals surface area contributed by atoms with Gasteiger partial charge in [0.1, 0.15) is 0 Å². The van der Waals surface area contributed by atoms with Gasteiger partial charge >= 0.3 is 5.97 Å². The second kappa shape index (κ2) is 6.33. The van der Waals surface area contributed by atoms with E-state index in [0.29, 0.717) is 18.8 Å². The van der Waals surface area contributed by atoms with Crippen LogP contribution in [0.3, 0.4) is 0 Å². The molecule has 0 amide bonds. The predicted molar refractivity (Wildman–Crippen MR) is 70.6 cm³/mol. The van der Waals surface area contributed by atoms with Gasteiger partial charge in [0.15, 0.2) is 0 Å². The molecule has 2 aromatic rings. The molecular weight excluding hydrogens is 248 g/mol. The van der Waals surface area contributed by atoms with Crippen molar-refractivity contribution >= 4 is 17.3 Å². The molecule has 0 aliphatic rings. The summed E-state index contributed by atoms with van der Waals surface area (Å²) in [6.45, 7) is 0.969. The minimum atomic E-state index is -0.328. The van der Waals surface area contributed by atoms with Crippen LogP contribution in [-0.4, -0.2) is 13.1 Å². The van der Waals surface area contributed by atoms with Crippen molar-refractivity contribution in [1.82, 2.24) is 0 Å². The fraction of sp³-hybridized carbons (Fsp3) is 0.214. The van der Waals surface area contributed by atoms with Crippen LogP contribution in [-0.2, 0) is 22.7 Å². The van der Waals surface area contributed by atoms with E-state index in [1.54, 1.807) is 17.4 Å². The predicted octanol–water partition coefficient (Wildman–Crippen LogP) is 3.25. The lowest BCUT2D eigenvalue weighted by molar-refractivity contribution is 0.0590. The number of carbonyl (C=O) groups excluding carboxylic acids is 1. The number of esters is 1. The average Bonchev–Trinajstić information content (AvgIpc) is 2.92. The lowest BCUT2D eigenvalue weighted by Crippen LogP contribution is -2.06. The quantitative estimate of drug-likeness (QED) is 0.776. The first-order valence-electron chi connectivity index (χ1n) is 5.57. The Kier molecular flexibility index (Phi) is 4.50. The number of thiophene rings is 1. The van der Waals surface area contributed by atoms with Gasteiger partial charge in [0.25, 0.3) is 0 Å². The van der Waals surface area contributed by atoms with E-state index in [1.165, 1.54) is 12.0 Å². The topological polar surface area (TPSA) is 35.5 Å². The molecule has 94 valence electrons. The van der Waals surface area contributed by atoms with Crippen molar-refractivity contribution in [1.29, 1.82) is 0 Å². The molecule has 3 nitrogen and oxygen atoms in total. The summed E-state index contributed by atoms with van der Waals surface area (Å²) in [4.78, 5) is 12.7. The fourth-order valence-electron chi connectivity index (χ4n) is 1.61. The Labute approximate surface area is 110 Å². The Hall–Kier alpha value is -1.65. The van der Waals surface area contributed by atoms with Crippen molar-refractivity contribution in [3.63, 3.8) is 0 Å². The van der Waals surface area contributed by atoms with Crippen LogP contribution in [0.25, 0.3) is 0 Å². The summed E-state index contributed by atoms with van der Waals surface area (Å²) in [5, 5.41) is 2.01. The number of benzene rings is 1. The third kappa shape index (κ3) is 3.18. The third-order valence-electron chi connectivity index (χ3n) is 2.50. The van der Waals surface area contributed by atoms with Crippen molar-refractivity contribution in [2.24, 2.45) is 0 Å². The van der Waals surface area contributed by atoms with Crippen LogP contribution in [0.4, 0.5) is 0 Å². The number of carbonyl (C=O) groups is 1. The number of ether oxygens (including phenoxy) is 2.